The van der Waals surface area contributed by atoms with Crippen LogP contribution in [-0.2, 0) is 23.9 Å². The minimum absolute atomic E-state index is 0.0208. The van der Waals surface area contributed by atoms with E-state index in [1.165, 1.54) is 25.1 Å². The van der Waals surface area contributed by atoms with E-state index in [-0.39, 0.29) is 23.3 Å². The molecule has 1 amide bonds. The predicted octanol–water partition coefficient (Wildman–Crippen LogP) is 0.732. The number of phenolic OH excluding ortho intramolecular Hbond substituents is 1. The van der Waals surface area contributed by atoms with E-state index in [2.05, 4.69) is 0 Å². The van der Waals surface area contributed by atoms with Crippen LogP contribution in [0.25, 0.3) is 5.76 Å². The first-order valence-corrected chi connectivity index (χ1v) is 14.7. The summed E-state index contributed by atoms with van der Waals surface area (Å²) in [4.78, 5) is 56.6. The molecule has 6 unspecified atom stereocenters. The van der Waals surface area contributed by atoms with Crippen molar-refractivity contribution in [1.29, 1.82) is 0 Å². The molecule has 1 aromatic rings. The van der Waals surface area contributed by atoms with Gasteiger partial charge in [-0.2, -0.15) is 11.8 Å². The maximum atomic E-state index is 14.4. The fourth-order valence-corrected chi connectivity index (χ4v) is 7.70. The number of benzene rings is 1. The van der Waals surface area contributed by atoms with Crippen molar-refractivity contribution in [3.63, 3.8) is 0 Å². The lowest BCUT2D eigenvalue weighted by molar-refractivity contribution is -0.185. The van der Waals surface area contributed by atoms with Crippen molar-refractivity contribution >= 4 is 41.0 Å². The molecule has 0 aliphatic heterocycles. The molecule has 13 heteroatoms. The van der Waals surface area contributed by atoms with Crippen LogP contribution < -0.4 is 5.73 Å². The van der Waals surface area contributed by atoms with Gasteiger partial charge in [-0.1, -0.05) is 19.1 Å². The number of aliphatic hydroxyl groups excluding tert-OH is 2. The number of fused-ring (bicyclic) bond motifs is 3. The summed E-state index contributed by atoms with van der Waals surface area (Å²) in [6.07, 6.45) is -1.50. The number of amides is 1. The van der Waals surface area contributed by atoms with E-state index < -0.39 is 76.0 Å². The highest BCUT2D eigenvalue weighted by Gasteiger charge is 2.69. The highest BCUT2D eigenvalue weighted by molar-refractivity contribution is 7.99. The van der Waals surface area contributed by atoms with Gasteiger partial charge in [-0.25, -0.2) is 0 Å². The average molecular weight is 604 g/mol. The zero-order chi connectivity index (χ0) is 31.3. The summed E-state index contributed by atoms with van der Waals surface area (Å²) in [6, 6.07) is 3.22. The van der Waals surface area contributed by atoms with E-state index in [1.54, 1.807) is 30.8 Å². The number of thioether (sulfide) groups is 1. The molecular formula is C29H37N3O9S. The first kappa shape index (κ1) is 31.5. The van der Waals surface area contributed by atoms with Crippen LogP contribution in [0.4, 0.5) is 0 Å². The Labute approximate surface area is 247 Å². The number of rotatable bonds is 9. The second-order valence-corrected chi connectivity index (χ2v) is 12.5. The van der Waals surface area contributed by atoms with Gasteiger partial charge in [-0.15, -0.1) is 0 Å². The van der Waals surface area contributed by atoms with Crippen LogP contribution in [0.5, 0.6) is 5.75 Å². The smallest absolute Gasteiger partial charge is 0.305 e. The number of likely N-dealkylation sites (N-methyl/N-ethyl adjacent to an activating group) is 1. The molecule has 0 saturated heterocycles. The Hall–Kier alpha value is -3.39. The molecule has 6 N–H and O–H groups in total. The van der Waals surface area contributed by atoms with Crippen LogP contribution in [0.3, 0.4) is 0 Å². The van der Waals surface area contributed by atoms with Gasteiger partial charge in [-0.3, -0.25) is 24.1 Å². The van der Waals surface area contributed by atoms with E-state index in [1.807, 2.05) is 19.0 Å². The normalized spacial score (nSPS) is 29.0. The Balaban J connectivity index is 2.04. The molecule has 3 aliphatic carbocycles. The molecule has 6 atom stereocenters. The molecular weight excluding hydrogens is 566 g/mol. The number of phenols is 1. The lowest BCUT2D eigenvalue weighted by atomic mass is 9.54. The number of primary amides is 1. The highest BCUT2D eigenvalue weighted by atomic mass is 32.2. The number of hydrogen-bond donors (Lipinski definition) is 5. The predicted molar refractivity (Wildman–Crippen MR) is 155 cm³/mol. The van der Waals surface area contributed by atoms with E-state index in [9.17, 15) is 39.6 Å². The molecule has 12 nitrogen and oxygen atoms in total. The number of carbonyl (C=O) groups is 4. The van der Waals surface area contributed by atoms with Crippen molar-refractivity contribution in [2.24, 2.45) is 17.6 Å². The van der Waals surface area contributed by atoms with E-state index in [4.69, 9.17) is 10.5 Å². The SMILES string of the molecule is CCC(=O)OC1C2C(=C(O)c3c(O)cccc3C2CSCCN(C)C)C(=O)C2(O)C(O)=C(C(N)=O)C(=O)C(N(C)C)C12. The zero-order valence-electron chi connectivity index (χ0n) is 24.2. The first-order valence-electron chi connectivity index (χ1n) is 13.6. The second-order valence-electron chi connectivity index (χ2n) is 11.3. The molecule has 1 fully saturated rings. The number of carbonyl (C=O) groups excluding carboxylic acids is 4. The molecule has 0 aromatic heterocycles. The molecule has 0 radical (unpaired) electrons. The molecule has 4 rings (SSSR count). The number of esters is 1. The standard InChI is InChI=1S/C29H37N3O9S/c1-6-16(34)41-25-18-14(12-42-11-10-31(2)3)13-8-7-9-15(33)17(13)23(35)19(18)26(37)29(40)21(25)22(32(4)5)24(36)20(27(29)38)28(30)39/h7-9,14,18,21-22,25,33,35,38,40H,6,10-12H2,1-5H3,(H2,30,39). The highest BCUT2D eigenvalue weighted by Crippen LogP contribution is 2.57. The molecule has 0 bridgehead atoms. The Bertz CT molecular complexity index is 1390. The Morgan fingerprint density at radius 2 is 1.79 bits per heavy atom. The van der Waals surface area contributed by atoms with Gasteiger partial charge in [0, 0.05) is 41.9 Å². The van der Waals surface area contributed by atoms with E-state index in [0.717, 1.165) is 6.54 Å². The second kappa shape index (κ2) is 11.7. The third-order valence-corrected chi connectivity index (χ3v) is 9.37. The van der Waals surface area contributed by atoms with Gasteiger partial charge >= 0.3 is 5.97 Å². The molecule has 1 aromatic carbocycles. The first-order chi connectivity index (χ1) is 19.7. The van der Waals surface area contributed by atoms with Gasteiger partial charge in [0.2, 0.25) is 5.78 Å². The largest absolute Gasteiger partial charge is 0.508 e. The molecule has 0 heterocycles. The van der Waals surface area contributed by atoms with Gasteiger partial charge in [0.05, 0.1) is 17.5 Å². The van der Waals surface area contributed by atoms with E-state index >= 15 is 0 Å². The third kappa shape index (κ3) is 4.87. The summed E-state index contributed by atoms with van der Waals surface area (Å²) in [7, 11) is 6.82. The summed E-state index contributed by atoms with van der Waals surface area (Å²) in [5.74, 6) is -8.61. The quantitative estimate of drug-likeness (QED) is 0.151. The van der Waals surface area contributed by atoms with Crippen LogP contribution in [0.15, 0.2) is 35.1 Å². The summed E-state index contributed by atoms with van der Waals surface area (Å²) in [6.45, 7) is 2.29. The number of Topliss-reactive ketones (excluding diaryl/α,β-unsaturated/α-hetero) is 2. The van der Waals surface area contributed by atoms with Crippen LogP contribution in [0, 0.1) is 11.8 Å². The number of aliphatic hydroxyl groups is 3. The molecule has 3 aliphatic rings. The van der Waals surface area contributed by atoms with Crippen molar-refractivity contribution in [2.45, 2.75) is 37.0 Å². The Morgan fingerprint density at radius 1 is 1.12 bits per heavy atom. The summed E-state index contributed by atoms with van der Waals surface area (Å²) < 4.78 is 5.93. The van der Waals surface area contributed by atoms with Crippen molar-refractivity contribution in [1.82, 2.24) is 9.80 Å². The zero-order valence-corrected chi connectivity index (χ0v) is 25.0. The molecule has 42 heavy (non-hydrogen) atoms. The number of ether oxygens (including phenoxy) is 1. The molecule has 1 saturated carbocycles. The van der Waals surface area contributed by atoms with Gasteiger partial charge in [0.15, 0.2) is 11.4 Å². The van der Waals surface area contributed by atoms with Gasteiger partial charge in [-0.05, 0) is 39.8 Å². The Morgan fingerprint density at radius 3 is 2.36 bits per heavy atom. The Kier molecular flexibility index (Phi) is 8.79. The van der Waals surface area contributed by atoms with Gasteiger partial charge < -0.3 is 35.8 Å². The number of ketones is 2. The van der Waals surface area contributed by atoms with Gasteiger partial charge in [0.1, 0.15) is 28.9 Å². The summed E-state index contributed by atoms with van der Waals surface area (Å²) in [5.41, 5.74) is 1.61. The summed E-state index contributed by atoms with van der Waals surface area (Å²) >= 11 is 1.54. The van der Waals surface area contributed by atoms with Crippen molar-refractivity contribution in [3.05, 3.63) is 46.2 Å². The van der Waals surface area contributed by atoms with Crippen molar-refractivity contribution in [3.8, 4) is 5.75 Å². The van der Waals surface area contributed by atoms with Crippen LogP contribution in [0.1, 0.15) is 30.4 Å². The van der Waals surface area contributed by atoms with Crippen molar-refractivity contribution in [2.75, 3.05) is 46.2 Å². The molecule has 228 valence electrons. The number of aromatic hydroxyl groups is 1. The van der Waals surface area contributed by atoms with Crippen LogP contribution in [-0.4, -0.2) is 118 Å². The van der Waals surface area contributed by atoms with Crippen LogP contribution in [0.2, 0.25) is 0 Å². The maximum absolute atomic E-state index is 14.4. The average Bonchev–Trinajstić information content (AvgIpc) is 2.90. The van der Waals surface area contributed by atoms with Crippen LogP contribution >= 0.6 is 11.8 Å². The molecule has 0 spiro atoms. The number of nitrogens with two attached hydrogens (primary N) is 1. The number of hydrogen-bond acceptors (Lipinski definition) is 12. The monoisotopic (exact) mass is 603 g/mol. The maximum Gasteiger partial charge on any atom is 0.305 e. The minimum Gasteiger partial charge on any atom is -0.508 e. The number of nitrogens with zero attached hydrogens (tertiary/aromatic N) is 2. The third-order valence-electron chi connectivity index (χ3n) is 8.31. The van der Waals surface area contributed by atoms with Gasteiger partial charge in [0.25, 0.3) is 5.91 Å². The topological polar surface area (TPSA) is 191 Å². The van der Waals surface area contributed by atoms with Crippen molar-refractivity contribution < 1.29 is 44.3 Å². The minimum atomic E-state index is -2.96. The van der Waals surface area contributed by atoms with E-state index in [0.29, 0.717) is 17.1 Å². The fraction of sp³-hybridized carbons (Fsp3) is 0.517. The fourth-order valence-electron chi connectivity index (χ4n) is 6.40. The summed E-state index contributed by atoms with van der Waals surface area (Å²) in [5, 5.41) is 45.7. The lowest BCUT2D eigenvalue weighted by Gasteiger charge is -2.54. The lowest BCUT2D eigenvalue weighted by Crippen LogP contribution is -2.71.